The largest absolute Gasteiger partial charge is 0.495 e. The predicted octanol–water partition coefficient (Wildman–Crippen LogP) is 4.55. The summed E-state index contributed by atoms with van der Waals surface area (Å²) >= 11 is 6.02. The lowest BCUT2D eigenvalue weighted by molar-refractivity contribution is 0.416. The van der Waals surface area contributed by atoms with Crippen LogP contribution in [0.2, 0.25) is 5.02 Å². The molecule has 0 saturated heterocycles. The summed E-state index contributed by atoms with van der Waals surface area (Å²) in [5, 5.41) is 3.73. The zero-order valence-electron chi connectivity index (χ0n) is 11.1. The molecule has 2 aromatic rings. The standard InChI is InChI=1S/C15H14ClF2NO/c1-9-5-14(15(20-2)7-11(9)16)19-8-10-3-4-12(17)13(18)6-10/h3-7,19H,8H2,1-2H3. The van der Waals surface area contributed by atoms with Crippen molar-refractivity contribution >= 4 is 17.3 Å². The molecule has 0 aliphatic rings. The SMILES string of the molecule is COc1cc(Cl)c(C)cc1NCc1ccc(F)c(F)c1. The second kappa shape index (κ2) is 6.09. The molecule has 0 radical (unpaired) electrons. The summed E-state index contributed by atoms with van der Waals surface area (Å²) < 4.78 is 31.2. The van der Waals surface area contributed by atoms with Crippen LogP contribution < -0.4 is 10.1 Å². The van der Waals surface area contributed by atoms with Gasteiger partial charge < -0.3 is 10.1 Å². The molecular weight excluding hydrogens is 284 g/mol. The molecule has 0 bridgehead atoms. The van der Waals surface area contributed by atoms with Crippen molar-refractivity contribution in [3.63, 3.8) is 0 Å². The molecule has 0 unspecified atom stereocenters. The van der Waals surface area contributed by atoms with E-state index in [2.05, 4.69) is 5.32 Å². The lowest BCUT2D eigenvalue weighted by Gasteiger charge is -2.13. The first-order chi connectivity index (χ1) is 9.51. The van der Waals surface area contributed by atoms with Crippen molar-refractivity contribution in [1.82, 2.24) is 0 Å². The van der Waals surface area contributed by atoms with Crippen LogP contribution >= 0.6 is 11.6 Å². The lowest BCUT2D eigenvalue weighted by Crippen LogP contribution is -2.03. The number of anilines is 1. The Labute approximate surface area is 121 Å². The minimum atomic E-state index is -0.858. The Balaban J connectivity index is 2.18. The highest BCUT2D eigenvalue weighted by Crippen LogP contribution is 2.31. The zero-order chi connectivity index (χ0) is 14.7. The van der Waals surface area contributed by atoms with E-state index in [-0.39, 0.29) is 0 Å². The van der Waals surface area contributed by atoms with E-state index >= 15 is 0 Å². The Hall–Kier alpha value is -1.81. The maximum absolute atomic E-state index is 13.1. The normalized spacial score (nSPS) is 10.4. The summed E-state index contributed by atoms with van der Waals surface area (Å²) in [7, 11) is 1.55. The van der Waals surface area contributed by atoms with Crippen molar-refractivity contribution in [1.29, 1.82) is 0 Å². The van der Waals surface area contributed by atoms with Gasteiger partial charge in [-0.15, -0.1) is 0 Å². The van der Waals surface area contributed by atoms with Gasteiger partial charge in [-0.05, 0) is 36.2 Å². The summed E-state index contributed by atoms with van der Waals surface area (Å²) in [6.45, 7) is 2.24. The summed E-state index contributed by atoms with van der Waals surface area (Å²) in [5.41, 5.74) is 2.29. The van der Waals surface area contributed by atoms with Gasteiger partial charge in [-0.25, -0.2) is 8.78 Å². The van der Waals surface area contributed by atoms with Gasteiger partial charge >= 0.3 is 0 Å². The molecule has 2 aromatic carbocycles. The Morgan fingerprint density at radius 3 is 2.55 bits per heavy atom. The molecule has 0 aromatic heterocycles. The molecule has 106 valence electrons. The first-order valence-corrected chi connectivity index (χ1v) is 6.41. The van der Waals surface area contributed by atoms with Gasteiger partial charge in [0.25, 0.3) is 0 Å². The summed E-state index contributed by atoms with van der Waals surface area (Å²) in [5.74, 6) is -1.11. The van der Waals surface area contributed by atoms with Gasteiger partial charge in [-0.2, -0.15) is 0 Å². The Kier molecular flexibility index (Phi) is 4.45. The molecule has 0 aliphatic carbocycles. The van der Waals surface area contributed by atoms with E-state index in [4.69, 9.17) is 16.3 Å². The minimum Gasteiger partial charge on any atom is -0.495 e. The summed E-state index contributed by atoms with van der Waals surface area (Å²) in [6.07, 6.45) is 0. The average Bonchev–Trinajstić information content (AvgIpc) is 2.43. The predicted molar refractivity (Wildman–Crippen MR) is 76.4 cm³/mol. The minimum absolute atomic E-state index is 0.356. The second-order valence-electron chi connectivity index (χ2n) is 4.40. The number of rotatable bonds is 4. The van der Waals surface area contributed by atoms with Gasteiger partial charge in [0.05, 0.1) is 12.8 Å². The van der Waals surface area contributed by atoms with Gasteiger partial charge in [0.2, 0.25) is 0 Å². The number of halogens is 3. The molecule has 0 atom stereocenters. The highest BCUT2D eigenvalue weighted by Gasteiger charge is 2.08. The molecule has 0 fully saturated rings. The highest BCUT2D eigenvalue weighted by atomic mass is 35.5. The molecule has 0 aliphatic heterocycles. The third kappa shape index (κ3) is 3.20. The van der Waals surface area contributed by atoms with E-state index in [1.165, 1.54) is 6.07 Å². The summed E-state index contributed by atoms with van der Waals surface area (Å²) in [4.78, 5) is 0. The van der Waals surface area contributed by atoms with Crippen LogP contribution in [-0.4, -0.2) is 7.11 Å². The molecule has 0 spiro atoms. The number of ether oxygens (including phenoxy) is 1. The first kappa shape index (κ1) is 14.6. The van der Waals surface area contributed by atoms with Gasteiger partial charge in [-0.1, -0.05) is 17.7 Å². The van der Waals surface area contributed by atoms with E-state index < -0.39 is 11.6 Å². The average molecular weight is 298 g/mol. The fraction of sp³-hybridized carbons (Fsp3) is 0.200. The van der Waals surface area contributed by atoms with Crippen LogP contribution in [0.3, 0.4) is 0 Å². The van der Waals surface area contributed by atoms with E-state index in [0.29, 0.717) is 22.9 Å². The van der Waals surface area contributed by atoms with Gasteiger partial charge in [0.1, 0.15) is 5.75 Å². The molecule has 2 nitrogen and oxygen atoms in total. The van der Waals surface area contributed by atoms with Gasteiger partial charge in [-0.3, -0.25) is 0 Å². The number of benzene rings is 2. The number of hydrogen-bond acceptors (Lipinski definition) is 2. The van der Waals surface area contributed by atoms with Crippen LogP contribution in [0.5, 0.6) is 5.75 Å². The van der Waals surface area contributed by atoms with E-state index in [1.807, 2.05) is 13.0 Å². The third-order valence-electron chi connectivity index (χ3n) is 2.95. The monoisotopic (exact) mass is 297 g/mol. The topological polar surface area (TPSA) is 21.3 Å². The van der Waals surface area contributed by atoms with Crippen LogP contribution in [0.1, 0.15) is 11.1 Å². The Morgan fingerprint density at radius 2 is 1.90 bits per heavy atom. The lowest BCUT2D eigenvalue weighted by atomic mass is 10.1. The van der Waals surface area contributed by atoms with E-state index in [0.717, 1.165) is 23.4 Å². The fourth-order valence-corrected chi connectivity index (χ4v) is 1.97. The molecule has 20 heavy (non-hydrogen) atoms. The van der Waals surface area contributed by atoms with Crippen molar-refractivity contribution < 1.29 is 13.5 Å². The number of aryl methyl sites for hydroxylation is 1. The van der Waals surface area contributed by atoms with Crippen molar-refractivity contribution in [2.24, 2.45) is 0 Å². The second-order valence-corrected chi connectivity index (χ2v) is 4.81. The molecule has 5 heteroatoms. The molecule has 0 saturated carbocycles. The van der Waals surface area contributed by atoms with Crippen LogP contribution in [0.15, 0.2) is 30.3 Å². The summed E-state index contributed by atoms with van der Waals surface area (Å²) in [6, 6.07) is 7.36. The van der Waals surface area contributed by atoms with Crippen LogP contribution in [-0.2, 0) is 6.54 Å². The molecule has 1 N–H and O–H groups in total. The van der Waals surface area contributed by atoms with Gasteiger partial charge in [0.15, 0.2) is 11.6 Å². The number of nitrogens with one attached hydrogen (secondary N) is 1. The molecule has 0 amide bonds. The van der Waals surface area contributed by atoms with Crippen LogP contribution in [0.4, 0.5) is 14.5 Å². The number of hydrogen-bond donors (Lipinski definition) is 1. The maximum Gasteiger partial charge on any atom is 0.159 e. The van der Waals surface area contributed by atoms with E-state index in [1.54, 1.807) is 13.2 Å². The highest BCUT2D eigenvalue weighted by molar-refractivity contribution is 6.31. The Morgan fingerprint density at radius 1 is 1.15 bits per heavy atom. The van der Waals surface area contributed by atoms with Crippen molar-refractivity contribution in [3.05, 3.63) is 58.1 Å². The Bertz CT molecular complexity index is 632. The zero-order valence-corrected chi connectivity index (χ0v) is 11.9. The third-order valence-corrected chi connectivity index (χ3v) is 3.35. The molecule has 2 rings (SSSR count). The fourth-order valence-electron chi connectivity index (χ4n) is 1.82. The smallest absolute Gasteiger partial charge is 0.159 e. The van der Waals surface area contributed by atoms with E-state index in [9.17, 15) is 8.78 Å². The first-order valence-electron chi connectivity index (χ1n) is 6.03. The maximum atomic E-state index is 13.1. The molecular formula is C15H14ClF2NO. The van der Waals surface area contributed by atoms with Crippen molar-refractivity contribution in [2.75, 3.05) is 12.4 Å². The number of methoxy groups -OCH3 is 1. The molecule has 0 heterocycles. The van der Waals surface area contributed by atoms with Crippen molar-refractivity contribution in [3.8, 4) is 5.75 Å². The quantitative estimate of drug-likeness (QED) is 0.894. The van der Waals surface area contributed by atoms with Crippen LogP contribution in [0, 0.1) is 18.6 Å². The van der Waals surface area contributed by atoms with Gasteiger partial charge in [0, 0.05) is 17.6 Å². The van der Waals surface area contributed by atoms with Crippen LogP contribution in [0.25, 0.3) is 0 Å². The van der Waals surface area contributed by atoms with Crippen molar-refractivity contribution in [2.45, 2.75) is 13.5 Å².